The molecule has 5 nitrogen and oxygen atoms in total. The Morgan fingerprint density at radius 3 is 2.50 bits per heavy atom. The topological polar surface area (TPSA) is 70.9 Å². The molecule has 28 heavy (non-hydrogen) atoms. The van der Waals surface area contributed by atoms with Crippen LogP contribution < -0.4 is 10.2 Å². The highest BCUT2D eigenvalue weighted by Gasteiger charge is 2.08. The average Bonchev–Trinajstić information content (AvgIpc) is 2.68. The predicted molar refractivity (Wildman–Crippen MR) is 116 cm³/mol. The fourth-order valence-electron chi connectivity index (χ4n) is 2.39. The monoisotopic (exact) mass is 502 g/mol. The summed E-state index contributed by atoms with van der Waals surface area (Å²) in [5.74, 6) is 1.05. The molecule has 0 fully saturated rings. The van der Waals surface area contributed by atoms with Crippen LogP contribution in [0.3, 0.4) is 0 Å². The number of phenols is 1. The van der Waals surface area contributed by atoms with Gasteiger partial charge in [-0.2, -0.15) is 5.10 Å². The molecule has 0 saturated heterocycles. The molecule has 0 heterocycles. The van der Waals surface area contributed by atoms with Crippen LogP contribution in [0, 0.1) is 6.92 Å². The molecular formula is C21H16Br2N2O3. The maximum absolute atomic E-state index is 12.4. The molecule has 1 amide bonds. The van der Waals surface area contributed by atoms with Crippen LogP contribution >= 0.6 is 31.9 Å². The van der Waals surface area contributed by atoms with Crippen LogP contribution in [-0.4, -0.2) is 17.2 Å². The van der Waals surface area contributed by atoms with Crippen molar-refractivity contribution >= 4 is 44.0 Å². The molecule has 0 atom stereocenters. The Kier molecular flexibility index (Phi) is 6.49. The summed E-state index contributed by atoms with van der Waals surface area (Å²) in [4.78, 5) is 12.4. The maximum Gasteiger partial charge on any atom is 0.271 e. The molecule has 0 unspecified atom stereocenters. The number of carbonyl (C=O) groups is 1. The van der Waals surface area contributed by atoms with E-state index in [-0.39, 0.29) is 11.7 Å². The number of aromatic hydroxyl groups is 1. The minimum absolute atomic E-state index is 0.103. The zero-order chi connectivity index (χ0) is 20.1. The maximum atomic E-state index is 12.4. The van der Waals surface area contributed by atoms with Gasteiger partial charge < -0.3 is 9.84 Å². The SMILES string of the molecule is Cc1ccccc1Oc1cccc(C(=O)N/N=C/c2cc(Br)c(O)c(Br)c2)c1. The van der Waals surface area contributed by atoms with Crippen LogP contribution in [0.25, 0.3) is 0 Å². The van der Waals surface area contributed by atoms with E-state index in [1.165, 1.54) is 6.21 Å². The minimum Gasteiger partial charge on any atom is -0.506 e. The van der Waals surface area contributed by atoms with E-state index in [1.54, 1.807) is 36.4 Å². The van der Waals surface area contributed by atoms with Crippen molar-refractivity contribution < 1.29 is 14.6 Å². The van der Waals surface area contributed by atoms with Crippen LogP contribution in [0.2, 0.25) is 0 Å². The molecule has 0 saturated carbocycles. The number of ether oxygens (including phenoxy) is 1. The van der Waals surface area contributed by atoms with Gasteiger partial charge in [-0.1, -0.05) is 24.3 Å². The number of hydrazone groups is 1. The number of aryl methyl sites for hydroxylation is 1. The van der Waals surface area contributed by atoms with Gasteiger partial charge in [0, 0.05) is 5.56 Å². The van der Waals surface area contributed by atoms with E-state index >= 15 is 0 Å². The number of halogens is 2. The molecule has 7 heteroatoms. The van der Waals surface area contributed by atoms with Gasteiger partial charge >= 0.3 is 0 Å². The smallest absolute Gasteiger partial charge is 0.271 e. The molecule has 0 aliphatic heterocycles. The van der Waals surface area contributed by atoms with E-state index < -0.39 is 0 Å². The first kappa shape index (κ1) is 20.1. The van der Waals surface area contributed by atoms with E-state index in [0.717, 1.165) is 11.3 Å². The summed E-state index contributed by atoms with van der Waals surface area (Å²) >= 11 is 6.50. The van der Waals surface area contributed by atoms with E-state index in [0.29, 0.717) is 25.8 Å². The van der Waals surface area contributed by atoms with Crippen LogP contribution in [-0.2, 0) is 0 Å². The zero-order valence-electron chi connectivity index (χ0n) is 14.8. The zero-order valence-corrected chi connectivity index (χ0v) is 18.0. The number of hydrogen-bond acceptors (Lipinski definition) is 4. The first-order chi connectivity index (χ1) is 13.4. The number of nitrogens with one attached hydrogen (secondary N) is 1. The van der Waals surface area contributed by atoms with Crippen LogP contribution in [0.5, 0.6) is 17.2 Å². The molecule has 0 aliphatic rings. The van der Waals surface area contributed by atoms with Crippen molar-refractivity contribution in [1.82, 2.24) is 5.43 Å². The lowest BCUT2D eigenvalue weighted by Gasteiger charge is -2.09. The first-order valence-corrected chi connectivity index (χ1v) is 9.87. The summed E-state index contributed by atoms with van der Waals surface area (Å²) in [5.41, 5.74) is 4.62. The number of rotatable bonds is 5. The standard InChI is InChI=1S/C21H16Br2N2O3/c1-13-5-2-3-8-19(13)28-16-7-4-6-15(11-16)21(27)25-24-12-14-9-17(22)20(26)18(23)10-14/h2-12,26H,1H3,(H,25,27)/b24-12+. The van der Waals surface area contributed by atoms with Gasteiger partial charge in [-0.15, -0.1) is 0 Å². The van der Waals surface area contributed by atoms with Gasteiger partial charge in [-0.25, -0.2) is 5.43 Å². The lowest BCUT2D eigenvalue weighted by Crippen LogP contribution is -2.17. The second kappa shape index (κ2) is 9.03. The Balaban J connectivity index is 1.69. The highest BCUT2D eigenvalue weighted by Crippen LogP contribution is 2.32. The summed E-state index contributed by atoms with van der Waals surface area (Å²) in [5, 5.41) is 13.7. The van der Waals surface area contributed by atoms with Crippen molar-refractivity contribution in [2.24, 2.45) is 5.10 Å². The Hall–Kier alpha value is -2.64. The highest BCUT2D eigenvalue weighted by molar-refractivity contribution is 9.11. The van der Waals surface area contributed by atoms with Gasteiger partial charge in [0.05, 0.1) is 15.2 Å². The van der Waals surface area contributed by atoms with E-state index in [1.807, 2.05) is 31.2 Å². The lowest BCUT2D eigenvalue weighted by atomic mass is 10.2. The Morgan fingerprint density at radius 2 is 1.79 bits per heavy atom. The van der Waals surface area contributed by atoms with Gasteiger partial charge in [0.2, 0.25) is 0 Å². The summed E-state index contributed by atoms with van der Waals surface area (Å²) < 4.78 is 6.91. The fraction of sp³-hybridized carbons (Fsp3) is 0.0476. The number of carbonyl (C=O) groups excluding carboxylic acids is 1. The van der Waals surface area contributed by atoms with Crippen molar-refractivity contribution in [3.05, 3.63) is 86.3 Å². The molecule has 3 rings (SSSR count). The second-order valence-corrected chi connectivity index (χ2v) is 7.64. The van der Waals surface area contributed by atoms with Crippen LogP contribution in [0.1, 0.15) is 21.5 Å². The van der Waals surface area contributed by atoms with Crippen molar-refractivity contribution in [2.75, 3.05) is 0 Å². The van der Waals surface area contributed by atoms with Crippen LogP contribution in [0.15, 0.2) is 74.7 Å². The third-order valence-corrected chi connectivity index (χ3v) is 5.05. The molecule has 0 bridgehead atoms. The Labute approximate surface area is 179 Å². The second-order valence-electron chi connectivity index (χ2n) is 5.93. The first-order valence-electron chi connectivity index (χ1n) is 8.29. The molecule has 3 aromatic carbocycles. The largest absolute Gasteiger partial charge is 0.506 e. The van der Waals surface area contributed by atoms with Crippen molar-refractivity contribution in [2.45, 2.75) is 6.92 Å². The number of nitrogens with zero attached hydrogens (tertiary/aromatic N) is 1. The number of hydrogen-bond donors (Lipinski definition) is 2. The Morgan fingerprint density at radius 1 is 1.07 bits per heavy atom. The summed E-state index contributed by atoms with van der Waals surface area (Å²) in [6.07, 6.45) is 1.49. The Bertz CT molecular complexity index is 1030. The molecule has 0 spiro atoms. The summed E-state index contributed by atoms with van der Waals surface area (Å²) in [6, 6.07) is 17.9. The summed E-state index contributed by atoms with van der Waals surface area (Å²) in [6.45, 7) is 1.96. The molecule has 0 aromatic heterocycles. The molecule has 0 aliphatic carbocycles. The van der Waals surface area contributed by atoms with Crippen molar-refractivity contribution in [1.29, 1.82) is 0 Å². The van der Waals surface area contributed by atoms with E-state index in [2.05, 4.69) is 42.4 Å². The number of para-hydroxylation sites is 1. The molecule has 2 N–H and O–H groups in total. The van der Waals surface area contributed by atoms with E-state index in [9.17, 15) is 9.90 Å². The van der Waals surface area contributed by atoms with Gasteiger partial charge in [0.1, 0.15) is 17.2 Å². The number of benzene rings is 3. The highest BCUT2D eigenvalue weighted by atomic mass is 79.9. The van der Waals surface area contributed by atoms with Gasteiger partial charge in [-0.3, -0.25) is 4.79 Å². The predicted octanol–water partition coefficient (Wildman–Crippen LogP) is 5.78. The van der Waals surface area contributed by atoms with Gasteiger partial charge in [0.25, 0.3) is 5.91 Å². The summed E-state index contributed by atoms with van der Waals surface area (Å²) in [7, 11) is 0. The fourth-order valence-corrected chi connectivity index (χ4v) is 3.61. The van der Waals surface area contributed by atoms with Gasteiger partial charge in [-0.05, 0) is 86.3 Å². The normalized spacial score (nSPS) is 10.8. The third kappa shape index (κ3) is 4.99. The third-order valence-electron chi connectivity index (χ3n) is 3.84. The van der Waals surface area contributed by atoms with Gasteiger partial charge in [0.15, 0.2) is 0 Å². The number of amides is 1. The van der Waals surface area contributed by atoms with Crippen molar-refractivity contribution in [3.63, 3.8) is 0 Å². The lowest BCUT2D eigenvalue weighted by molar-refractivity contribution is 0.0955. The molecule has 142 valence electrons. The van der Waals surface area contributed by atoms with E-state index in [4.69, 9.17) is 4.74 Å². The van der Waals surface area contributed by atoms with Crippen molar-refractivity contribution in [3.8, 4) is 17.2 Å². The average molecular weight is 504 g/mol. The van der Waals surface area contributed by atoms with Crippen LogP contribution in [0.4, 0.5) is 0 Å². The molecule has 3 aromatic rings. The minimum atomic E-state index is -0.358. The quantitative estimate of drug-likeness (QED) is 0.342. The number of phenolic OH excluding ortho intramolecular Hbond substituents is 1. The molecular weight excluding hydrogens is 488 g/mol. The molecule has 0 radical (unpaired) electrons.